The highest BCUT2D eigenvalue weighted by Crippen LogP contribution is 2.24. The van der Waals surface area contributed by atoms with Gasteiger partial charge in [0.1, 0.15) is 5.82 Å². The van der Waals surface area contributed by atoms with E-state index in [1.54, 1.807) is 22.6 Å². The number of hydrogen-bond acceptors (Lipinski definition) is 1. The van der Waals surface area contributed by atoms with Crippen molar-refractivity contribution < 1.29 is 13.6 Å². The van der Waals surface area contributed by atoms with Crippen molar-refractivity contribution in [2.24, 2.45) is 0 Å². The van der Waals surface area contributed by atoms with Gasteiger partial charge in [-0.1, -0.05) is 0 Å². The molecule has 64 valence electrons. The Bertz CT molecular complexity index is 314. The van der Waals surface area contributed by atoms with E-state index >= 15 is 0 Å². The van der Waals surface area contributed by atoms with Gasteiger partial charge < -0.3 is 0 Å². The minimum atomic E-state index is -0.858. The molecule has 0 aliphatic carbocycles. The molecule has 1 aromatic rings. The summed E-state index contributed by atoms with van der Waals surface area (Å²) in [5, 5.41) is 0. The van der Waals surface area contributed by atoms with Gasteiger partial charge in [-0.05, 0) is 44.6 Å². The average Bonchev–Trinajstić information content (AvgIpc) is 2.02. The molecular formula is C7H2BrF2IO. The molecule has 0 fully saturated rings. The van der Waals surface area contributed by atoms with Crippen LogP contribution in [0.5, 0.6) is 0 Å². The molecule has 0 heterocycles. The fraction of sp³-hybridized carbons (Fsp3) is 0. The van der Waals surface area contributed by atoms with Crippen LogP contribution in [0, 0.1) is 15.2 Å². The Hall–Kier alpha value is -0.0400. The van der Waals surface area contributed by atoms with E-state index in [0.29, 0.717) is 0 Å². The van der Waals surface area contributed by atoms with E-state index < -0.39 is 17.2 Å². The molecule has 0 unspecified atom stereocenters. The number of aldehydes is 1. The maximum Gasteiger partial charge on any atom is 0.156 e. The summed E-state index contributed by atoms with van der Waals surface area (Å²) in [5.74, 6) is -1.67. The third kappa shape index (κ3) is 1.66. The molecule has 12 heavy (non-hydrogen) atoms. The molecule has 1 nitrogen and oxygen atoms in total. The van der Waals surface area contributed by atoms with Crippen molar-refractivity contribution in [1.29, 1.82) is 0 Å². The van der Waals surface area contributed by atoms with E-state index in [9.17, 15) is 13.6 Å². The van der Waals surface area contributed by atoms with Crippen LogP contribution in [0.15, 0.2) is 10.5 Å². The summed E-state index contributed by atoms with van der Waals surface area (Å²) < 4.78 is 26.2. The van der Waals surface area contributed by atoms with Crippen molar-refractivity contribution in [3.8, 4) is 0 Å². The molecule has 1 aromatic carbocycles. The number of hydrogen-bond donors (Lipinski definition) is 0. The van der Waals surface area contributed by atoms with Gasteiger partial charge in [0, 0.05) is 0 Å². The largest absolute Gasteiger partial charge is 0.298 e. The molecule has 0 aromatic heterocycles. The lowest BCUT2D eigenvalue weighted by Crippen LogP contribution is -1.97. The smallest absolute Gasteiger partial charge is 0.156 e. The van der Waals surface area contributed by atoms with Gasteiger partial charge in [0.2, 0.25) is 0 Å². The average molecular weight is 347 g/mol. The molecule has 0 aliphatic heterocycles. The van der Waals surface area contributed by atoms with Gasteiger partial charge in [0.15, 0.2) is 12.1 Å². The van der Waals surface area contributed by atoms with Crippen molar-refractivity contribution in [3.63, 3.8) is 0 Å². The van der Waals surface area contributed by atoms with Crippen LogP contribution in [0.25, 0.3) is 0 Å². The molecule has 0 radical (unpaired) electrons. The summed E-state index contributed by atoms with van der Waals surface area (Å²) >= 11 is 4.55. The van der Waals surface area contributed by atoms with E-state index in [2.05, 4.69) is 15.9 Å². The van der Waals surface area contributed by atoms with Crippen LogP contribution in [-0.2, 0) is 0 Å². The number of halogens is 4. The normalized spacial score (nSPS) is 10.0. The van der Waals surface area contributed by atoms with Crippen LogP contribution in [0.1, 0.15) is 10.4 Å². The van der Waals surface area contributed by atoms with Gasteiger partial charge in [-0.25, -0.2) is 8.78 Å². The topological polar surface area (TPSA) is 17.1 Å². The van der Waals surface area contributed by atoms with Crippen LogP contribution >= 0.6 is 38.5 Å². The quantitative estimate of drug-likeness (QED) is 0.434. The van der Waals surface area contributed by atoms with Crippen LogP contribution in [0.2, 0.25) is 0 Å². The highest BCUT2D eigenvalue weighted by Gasteiger charge is 2.14. The second kappa shape index (κ2) is 3.78. The first-order chi connectivity index (χ1) is 5.57. The number of carbonyl (C=O) groups excluding carboxylic acids is 1. The Kier molecular flexibility index (Phi) is 3.16. The summed E-state index contributed by atoms with van der Waals surface area (Å²) in [7, 11) is 0. The van der Waals surface area contributed by atoms with E-state index in [0.717, 1.165) is 0 Å². The fourth-order valence-electron chi connectivity index (χ4n) is 0.695. The van der Waals surface area contributed by atoms with Gasteiger partial charge in [-0.15, -0.1) is 0 Å². The van der Waals surface area contributed by atoms with Crippen molar-refractivity contribution in [1.82, 2.24) is 0 Å². The molecule has 0 saturated heterocycles. The van der Waals surface area contributed by atoms with E-state index in [-0.39, 0.29) is 14.3 Å². The molecular weight excluding hydrogens is 345 g/mol. The van der Waals surface area contributed by atoms with Crippen LogP contribution < -0.4 is 0 Å². The summed E-state index contributed by atoms with van der Waals surface area (Å²) in [5.41, 5.74) is -0.534. The molecule has 0 N–H and O–H groups in total. The minimum Gasteiger partial charge on any atom is -0.298 e. The molecule has 0 amide bonds. The Morgan fingerprint density at radius 1 is 1.42 bits per heavy atom. The lowest BCUT2D eigenvalue weighted by Gasteiger charge is -2.01. The maximum absolute atomic E-state index is 12.9. The Morgan fingerprint density at radius 2 is 2.00 bits per heavy atom. The maximum atomic E-state index is 12.9. The monoisotopic (exact) mass is 346 g/mol. The predicted molar refractivity (Wildman–Crippen MR) is 52.2 cm³/mol. The van der Waals surface area contributed by atoms with E-state index in [4.69, 9.17) is 0 Å². The summed E-state index contributed by atoms with van der Waals surface area (Å²) in [6, 6.07) is 1.28. The van der Waals surface area contributed by atoms with Crippen molar-refractivity contribution >= 4 is 44.8 Å². The fourth-order valence-corrected chi connectivity index (χ4v) is 2.17. The molecule has 0 saturated carbocycles. The van der Waals surface area contributed by atoms with E-state index in [1.165, 1.54) is 6.07 Å². The zero-order valence-electron chi connectivity index (χ0n) is 5.57. The molecule has 0 aliphatic rings. The first-order valence-corrected chi connectivity index (χ1v) is 4.73. The zero-order chi connectivity index (χ0) is 9.30. The number of carbonyl (C=O) groups is 1. The molecule has 0 spiro atoms. The summed E-state index contributed by atoms with van der Waals surface area (Å²) in [4.78, 5) is 10.2. The lowest BCUT2D eigenvalue weighted by molar-refractivity contribution is 0.111. The summed E-state index contributed by atoms with van der Waals surface area (Å²) in [6.07, 6.45) is 0.164. The molecule has 1 rings (SSSR count). The predicted octanol–water partition coefficient (Wildman–Crippen LogP) is 3.14. The second-order valence-electron chi connectivity index (χ2n) is 2.00. The molecule has 0 bridgehead atoms. The first kappa shape index (κ1) is 10.0. The van der Waals surface area contributed by atoms with Crippen LogP contribution in [0.4, 0.5) is 8.78 Å². The number of benzene rings is 1. The Morgan fingerprint density at radius 3 is 2.50 bits per heavy atom. The van der Waals surface area contributed by atoms with Gasteiger partial charge in [-0.2, -0.15) is 0 Å². The SMILES string of the molecule is O=Cc1c(F)c(Br)cc(I)c1F. The lowest BCUT2D eigenvalue weighted by atomic mass is 10.2. The van der Waals surface area contributed by atoms with Gasteiger partial charge in [0.25, 0.3) is 0 Å². The van der Waals surface area contributed by atoms with Crippen molar-refractivity contribution in [3.05, 3.63) is 31.3 Å². The zero-order valence-corrected chi connectivity index (χ0v) is 9.32. The summed E-state index contributed by atoms with van der Waals surface area (Å²) in [6.45, 7) is 0. The second-order valence-corrected chi connectivity index (χ2v) is 4.02. The number of rotatable bonds is 1. The van der Waals surface area contributed by atoms with Gasteiger partial charge in [-0.3, -0.25) is 4.79 Å². The minimum absolute atomic E-state index is 0.0930. The molecule has 0 atom stereocenters. The standard InChI is InChI=1S/C7H2BrF2IO/c8-4-1-5(11)7(10)3(2-12)6(4)9/h1-2H. The third-order valence-electron chi connectivity index (χ3n) is 1.26. The van der Waals surface area contributed by atoms with Crippen LogP contribution in [0.3, 0.4) is 0 Å². The van der Waals surface area contributed by atoms with E-state index in [1.807, 2.05) is 0 Å². The van der Waals surface area contributed by atoms with Crippen molar-refractivity contribution in [2.45, 2.75) is 0 Å². The molecule has 5 heteroatoms. The van der Waals surface area contributed by atoms with Crippen molar-refractivity contribution in [2.75, 3.05) is 0 Å². The third-order valence-corrected chi connectivity index (χ3v) is 2.63. The van der Waals surface area contributed by atoms with Gasteiger partial charge in [0.05, 0.1) is 13.6 Å². The highest BCUT2D eigenvalue weighted by molar-refractivity contribution is 14.1. The van der Waals surface area contributed by atoms with Gasteiger partial charge >= 0.3 is 0 Å². The Balaban J connectivity index is 3.52. The Labute approximate surface area is 89.4 Å². The first-order valence-electron chi connectivity index (χ1n) is 2.86. The highest BCUT2D eigenvalue weighted by atomic mass is 127. The van der Waals surface area contributed by atoms with Crippen LogP contribution in [-0.4, -0.2) is 6.29 Å².